The molecule has 1 aromatic carbocycles. The zero-order valence-electron chi connectivity index (χ0n) is 12.8. The van der Waals surface area contributed by atoms with Crippen LogP contribution in [0, 0.1) is 6.92 Å². The summed E-state index contributed by atoms with van der Waals surface area (Å²) in [5.41, 5.74) is 3.38. The van der Waals surface area contributed by atoms with Gasteiger partial charge in [-0.25, -0.2) is 4.68 Å². The number of benzene rings is 1. The Labute approximate surface area is 138 Å². The summed E-state index contributed by atoms with van der Waals surface area (Å²) in [6, 6.07) is 8.46. The van der Waals surface area contributed by atoms with E-state index in [-0.39, 0.29) is 5.56 Å². The van der Waals surface area contributed by atoms with Gasteiger partial charge in [-0.3, -0.25) is 4.79 Å². The van der Waals surface area contributed by atoms with E-state index in [0.29, 0.717) is 4.47 Å². The van der Waals surface area contributed by atoms with E-state index in [1.807, 2.05) is 0 Å². The number of aromatic nitrogens is 2. The van der Waals surface area contributed by atoms with Crippen LogP contribution in [-0.2, 0) is 7.05 Å². The van der Waals surface area contributed by atoms with Gasteiger partial charge in [-0.15, -0.1) is 0 Å². The van der Waals surface area contributed by atoms with Crippen molar-refractivity contribution in [2.75, 3.05) is 36.0 Å². The highest BCUT2D eigenvalue weighted by Gasteiger charge is 2.21. The van der Waals surface area contributed by atoms with Crippen molar-refractivity contribution in [1.82, 2.24) is 9.78 Å². The van der Waals surface area contributed by atoms with Crippen molar-refractivity contribution in [3.63, 3.8) is 0 Å². The molecule has 0 spiro atoms. The van der Waals surface area contributed by atoms with Crippen molar-refractivity contribution in [2.24, 2.45) is 7.05 Å². The van der Waals surface area contributed by atoms with Crippen LogP contribution in [0.5, 0.6) is 0 Å². The van der Waals surface area contributed by atoms with Crippen LogP contribution in [0.25, 0.3) is 0 Å². The minimum atomic E-state index is -0.0983. The molecule has 1 aliphatic rings. The van der Waals surface area contributed by atoms with E-state index in [1.54, 1.807) is 13.2 Å². The highest BCUT2D eigenvalue weighted by atomic mass is 79.9. The number of piperazine rings is 1. The van der Waals surface area contributed by atoms with Gasteiger partial charge < -0.3 is 9.80 Å². The lowest BCUT2D eigenvalue weighted by atomic mass is 10.1. The van der Waals surface area contributed by atoms with Crippen molar-refractivity contribution in [3.8, 4) is 0 Å². The quantitative estimate of drug-likeness (QED) is 0.820. The molecule has 116 valence electrons. The molecule has 0 saturated carbocycles. The standard InChI is InChI=1S/C16H19BrN4O/c1-12-5-3-4-6-13(12)20-7-9-21(10-8-20)14-11-18-19(2)16(22)15(14)17/h3-6,11H,7-10H2,1-2H3. The molecule has 1 fully saturated rings. The number of nitrogens with zero attached hydrogens (tertiary/aromatic N) is 4. The monoisotopic (exact) mass is 362 g/mol. The Kier molecular flexibility index (Phi) is 4.20. The SMILES string of the molecule is Cc1ccccc1N1CCN(c2cnn(C)c(=O)c2Br)CC1. The summed E-state index contributed by atoms with van der Waals surface area (Å²) in [5.74, 6) is 0. The van der Waals surface area contributed by atoms with Gasteiger partial charge in [0.15, 0.2) is 0 Å². The van der Waals surface area contributed by atoms with E-state index in [1.165, 1.54) is 15.9 Å². The summed E-state index contributed by atoms with van der Waals surface area (Å²) in [6.07, 6.45) is 1.76. The van der Waals surface area contributed by atoms with Crippen molar-refractivity contribution >= 4 is 27.3 Å². The van der Waals surface area contributed by atoms with E-state index >= 15 is 0 Å². The number of rotatable bonds is 2. The van der Waals surface area contributed by atoms with E-state index in [2.05, 4.69) is 62.0 Å². The van der Waals surface area contributed by atoms with E-state index in [9.17, 15) is 4.79 Å². The van der Waals surface area contributed by atoms with E-state index < -0.39 is 0 Å². The lowest BCUT2D eigenvalue weighted by molar-refractivity contribution is 0.640. The molecule has 0 atom stereocenters. The average molecular weight is 363 g/mol. The first-order valence-electron chi connectivity index (χ1n) is 7.35. The number of hydrogen-bond donors (Lipinski definition) is 0. The molecule has 6 heteroatoms. The Bertz CT molecular complexity index is 735. The first-order chi connectivity index (χ1) is 10.6. The maximum Gasteiger partial charge on any atom is 0.282 e. The van der Waals surface area contributed by atoms with Crippen molar-refractivity contribution < 1.29 is 0 Å². The normalized spacial score (nSPS) is 15.2. The molecule has 2 aromatic rings. The van der Waals surface area contributed by atoms with Crippen LogP contribution < -0.4 is 15.4 Å². The first kappa shape index (κ1) is 15.1. The molecule has 0 bridgehead atoms. The molecule has 0 N–H and O–H groups in total. The summed E-state index contributed by atoms with van der Waals surface area (Å²) in [4.78, 5) is 16.6. The minimum Gasteiger partial charge on any atom is -0.368 e. The molecule has 22 heavy (non-hydrogen) atoms. The molecule has 5 nitrogen and oxygen atoms in total. The summed E-state index contributed by atoms with van der Waals surface area (Å²) in [6.45, 7) is 5.77. The van der Waals surface area contributed by atoms with Crippen molar-refractivity contribution in [1.29, 1.82) is 0 Å². The lowest BCUT2D eigenvalue weighted by Gasteiger charge is -2.38. The predicted octanol–water partition coefficient (Wildman–Crippen LogP) is 2.18. The first-order valence-corrected chi connectivity index (χ1v) is 8.14. The largest absolute Gasteiger partial charge is 0.368 e. The fourth-order valence-electron chi connectivity index (χ4n) is 2.83. The smallest absolute Gasteiger partial charge is 0.282 e. The van der Waals surface area contributed by atoms with Gasteiger partial charge in [-0.2, -0.15) is 5.10 Å². The fraction of sp³-hybridized carbons (Fsp3) is 0.375. The Hall–Kier alpha value is -1.82. The number of halogens is 1. The highest BCUT2D eigenvalue weighted by Crippen LogP contribution is 2.25. The van der Waals surface area contributed by atoms with Crippen LogP contribution in [-0.4, -0.2) is 36.0 Å². The number of para-hydroxylation sites is 1. The van der Waals surface area contributed by atoms with Gasteiger partial charge in [-0.05, 0) is 34.5 Å². The Balaban J connectivity index is 1.76. The Morgan fingerprint density at radius 1 is 1.05 bits per heavy atom. The number of aryl methyl sites for hydroxylation is 2. The molecular weight excluding hydrogens is 344 g/mol. The van der Waals surface area contributed by atoms with Crippen LogP contribution in [0.2, 0.25) is 0 Å². The second kappa shape index (κ2) is 6.12. The maximum absolute atomic E-state index is 12.0. The second-order valence-electron chi connectivity index (χ2n) is 5.53. The summed E-state index contributed by atoms with van der Waals surface area (Å²) < 4.78 is 1.94. The molecule has 1 aliphatic heterocycles. The molecule has 1 aromatic heterocycles. The lowest BCUT2D eigenvalue weighted by Crippen LogP contribution is -2.47. The molecule has 0 unspecified atom stereocenters. The molecule has 0 radical (unpaired) electrons. The summed E-state index contributed by atoms with van der Waals surface area (Å²) in [7, 11) is 1.66. The predicted molar refractivity (Wildman–Crippen MR) is 92.8 cm³/mol. The third-order valence-electron chi connectivity index (χ3n) is 4.14. The van der Waals surface area contributed by atoms with Crippen LogP contribution in [0.1, 0.15) is 5.56 Å². The third kappa shape index (κ3) is 2.75. The number of anilines is 2. The van der Waals surface area contributed by atoms with Crippen LogP contribution >= 0.6 is 15.9 Å². The van der Waals surface area contributed by atoms with Gasteiger partial charge in [0.05, 0.1) is 11.9 Å². The maximum atomic E-state index is 12.0. The van der Waals surface area contributed by atoms with Gasteiger partial charge in [0.1, 0.15) is 4.47 Å². The molecule has 0 amide bonds. The van der Waals surface area contributed by atoms with Crippen LogP contribution in [0.4, 0.5) is 11.4 Å². The van der Waals surface area contributed by atoms with E-state index in [0.717, 1.165) is 31.9 Å². The van der Waals surface area contributed by atoms with Gasteiger partial charge >= 0.3 is 0 Å². The van der Waals surface area contributed by atoms with Crippen molar-refractivity contribution in [2.45, 2.75) is 6.92 Å². The number of hydrogen-bond acceptors (Lipinski definition) is 4. The zero-order valence-corrected chi connectivity index (χ0v) is 14.4. The van der Waals surface area contributed by atoms with Crippen molar-refractivity contribution in [3.05, 3.63) is 50.9 Å². The average Bonchev–Trinajstić information content (AvgIpc) is 2.54. The van der Waals surface area contributed by atoms with Crippen LogP contribution in [0.15, 0.2) is 39.7 Å². The van der Waals surface area contributed by atoms with Crippen LogP contribution in [0.3, 0.4) is 0 Å². The second-order valence-corrected chi connectivity index (χ2v) is 6.33. The highest BCUT2D eigenvalue weighted by molar-refractivity contribution is 9.10. The molecular formula is C16H19BrN4O. The molecule has 1 saturated heterocycles. The van der Waals surface area contributed by atoms with E-state index in [4.69, 9.17) is 0 Å². The fourth-order valence-corrected chi connectivity index (χ4v) is 3.44. The van der Waals surface area contributed by atoms with Gasteiger partial charge in [0.2, 0.25) is 0 Å². The topological polar surface area (TPSA) is 41.4 Å². The van der Waals surface area contributed by atoms with Gasteiger partial charge in [-0.1, -0.05) is 18.2 Å². The Morgan fingerprint density at radius 2 is 1.64 bits per heavy atom. The Morgan fingerprint density at radius 3 is 2.27 bits per heavy atom. The molecule has 0 aliphatic carbocycles. The van der Waals surface area contributed by atoms with Gasteiger partial charge in [0, 0.05) is 38.9 Å². The summed E-state index contributed by atoms with van der Waals surface area (Å²) >= 11 is 3.41. The molecule has 2 heterocycles. The molecule has 3 rings (SSSR count). The third-order valence-corrected chi connectivity index (χ3v) is 4.88. The van der Waals surface area contributed by atoms with Gasteiger partial charge in [0.25, 0.3) is 5.56 Å². The zero-order chi connectivity index (χ0) is 15.7. The minimum absolute atomic E-state index is 0.0983. The summed E-state index contributed by atoms with van der Waals surface area (Å²) in [5, 5.41) is 4.12.